The van der Waals surface area contributed by atoms with E-state index >= 15 is 0 Å². The van der Waals surface area contributed by atoms with E-state index in [1.165, 1.54) is 0 Å². The summed E-state index contributed by atoms with van der Waals surface area (Å²) in [5.74, 6) is 0.492. The molecule has 0 fully saturated rings. The van der Waals surface area contributed by atoms with E-state index in [0.29, 0.717) is 32.1 Å². The number of fused-ring (bicyclic) bond motifs is 1. The van der Waals surface area contributed by atoms with Gasteiger partial charge in [-0.3, -0.25) is 0 Å². The van der Waals surface area contributed by atoms with Crippen LogP contribution in [0.3, 0.4) is 0 Å². The second-order valence-electron chi connectivity index (χ2n) is 3.76. The second kappa shape index (κ2) is 4.47. The third-order valence-corrected chi connectivity index (χ3v) is 3.25. The van der Waals surface area contributed by atoms with Crippen molar-refractivity contribution in [2.45, 2.75) is 0 Å². The maximum absolute atomic E-state index is 6.05. The molecule has 3 rings (SSSR count). The Morgan fingerprint density at radius 3 is 2.33 bits per heavy atom. The van der Waals surface area contributed by atoms with Gasteiger partial charge in [-0.2, -0.15) is 0 Å². The first-order valence-electron chi connectivity index (χ1n) is 5.15. The van der Waals surface area contributed by atoms with Gasteiger partial charge in [-0.05, 0) is 36.4 Å². The Balaban J connectivity index is 2.19. The van der Waals surface area contributed by atoms with E-state index < -0.39 is 0 Å². The van der Waals surface area contributed by atoms with Crippen molar-refractivity contribution in [2.75, 3.05) is 0 Å². The minimum absolute atomic E-state index is 0.449. The highest BCUT2D eigenvalue weighted by Crippen LogP contribution is 2.32. The van der Waals surface area contributed by atoms with Crippen molar-refractivity contribution in [1.29, 1.82) is 0 Å². The fourth-order valence-electron chi connectivity index (χ4n) is 1.68. The van der Waals surface area contributed by atoms with Gasteiger partial charge in [-0.1, -0.05) is 34.8 Å². The molecule has 2 nitrogen and oxygen atoms in total. The van der Waals surface area contributed by atoms with Gasteiger partial charge in [0.2, 0.25) is 5.89 Å². The average molecular weight is 299 g/mol. The van der Waals surface area contributed by atoms with Gasteiger partial charge < -0.3 is 4.42 Å². The Kier molecular flexibility index (Phi) is 2.94. The topological polar surface area (TPSA) is 26.0 Å². The van der Waals surface area contributed by atoms with Gasteiger partial charge in [-0.25, -0.2) is 4.98 Å². The molecular formula is C13H6Cl3NO. The van der Waals surface area contributed by atoms with Gasteiger partial charge >= 0.3 is 0 Å². The first-order chi connectivity index (χ1) is 8.63. The smallest absolute Gasteiger partial charge is 0.227 e. The van der Waals surface area contributed by atoms with Crippen LogP contribution in [0.4, 0.5) is 0 Å². The Morgan fingerprint density at radius 1 is 0.889 bits per heavy atom. The minimum atomic E-state index is 0.449. The largest absolute Gasteiger partial charge is 0.435 e. The highest BCUT2D eigenvalue weighted by molar-refractivity contribution is 6.38. The molecular weight excluding hydrogens is 293 g/mol. The number of rotatable bonds is 1. The zero-order valence-electron chi connectivity index (χ0n) is 8.95. The first-order valence-corrected chi connectivity index (χ1v) is 6.28. The van der Waals surface area contributed by atoms with E-state index in [9.17, 15) is 0 Å². The minimum Gasteiger partial charge on any atom is -0.435 e. The monoisotopic (exact) mass is 297 g/mol. The standard InChI is InChI=1S/C13H6Cl3NO/c14-8-3-1-7(2-4-8)13-17-11-6-9(15)5-10(16)12(11)18-13/h1-6H. The van der Waals surface area contributed by atoms with Crippen molar-refractivity contribution < 1.29 is 4.42 Å². The van der Waals surface area contributed by atoms with Crippen LogP contribution < -0.4 is 0 Å². The van der Waals surface area contributed by atoms with E-state index in [4.69, 9.17) is 39.2 Å². The fraction of sp³-hybridized carbons (Fsp3) is 0. The maximum atomic E-state index is 6.05. The molecule has 0 amide bonds. The summed E-state index contributed by atoms with van der Waals surface area (Å²) in [7, 11) is 0. The molecule has 0 atom stereocenters. The SMILES string of the molecule is Clc1ccc(-c2nc3cc(Cl)cc(Cl)c3o2)cc1. The number of hydrogen-bond donors (Lipinski definition) is 0. The molecule has 0 radical (unpaired) electrons. The number of aromatic nitrogens is 1. The zero-order valence-corrected chi connectivity index (χ0v) is 11.2. The summed E-state index contributed by atoms with van der Waals surface area (Å²) < 4.78 is 5.63. The van der Waals surface area contributed by atoms with Gasteiger partial charge in [-0.15, -0.1) is 0 Å². The van der Waals surface area contributed by atoms with Crippen molar-refractivity contribution in [3.8, 4) is 11.5 Å². The normalized spacial score (nSPS) is 11.1. The summed E-state index contributed by atoms with van der Waals surface area (Å²) in [5.41, 5.74) is 2.01. The molecule has 1 heterocycles. The zero-order chi connectivity index (χ0) is 12.7. The predicted octanol–water partition coefficient (Wildman–Crippen LogP) is 5.46. The van der Waals surface area contributed by atoms with Crippen LogP contribution >= 0.6 is 34.8 Å². The van der Waals surface area contributed by atoms with Crippen molar-refractivity contribution in [1.82, 2.24) is 4.98 Å². The maximum Gasteiger partial charge on any atom is 0.227 e. The van der Waals surface area contributed by atoms with E-state index in [-0.39, 0.29) is 0 Å². The average Bonchev–Trinajstić information content (AvgIpc) is 2.74. The van der Waals surface area contributed by atoms with Gasteiger partial charge in [0.1, 0.15) is 5.52 Å². The molecule has 5 heteroatoms. The van der Waals surface area contributed by atoms with Crippen LogP contribution in [-0.4, -0.2) is 4.98 Å². The van der Waals surface area contributed by atoms with Crippen LogP contribution in [0.25, 0.3) is 22.6 Å². The van der Waals surface area contributed by atoms with Crippen LogP contribution in [0.1, 0.15) is 0 Å². The van der Waals surface area contributed by atoms with Gasteiger partial charge in [0.15, 0.2) is 5.58 Å². The molecule has 0 bridgehead atoms. The molecule has 1 aromatic heterocycles. The lowest BCUT2D eigenvalue weighted by Gasteiger charge is -1.94. The number of oxazole rings is 1. The van der Waals surface area contributed by atoms with Crippen molar-refractivity contribution in [3.63, 3.8) is 0 Å². The predicted molar refractivity (Wildman–Crippen MR) is 74.5 cm³/mol. The van der Waals surface area contributed by atoms with Crippen LogP contribution in [0.5, 0.6) is 0 Å². The van der Waals surface area contributed by atoms with Gasteiger partial charge in [0.25, 0.3) is 0 Å². The van der Waals surface area contributed by atoms with Crippen molar-refractivity contribution in [3.05, 3.63) is 51.5 Å². The molecule has 0 N–H and O–H groups in total. The molecule has 0 aliphatic heterocycles. The highest BCUT2D eigenvalue weighted by Gasteiger charge is 2.11. The summed E-state index contributed by atoms with van der Waals surface area (Å²) >= 11 is 17.8. The Hall–Kier alpha value is -1.22. The van der Waals surface area contributed by atoms with Crippen molar-refractivity contribution in [2.24, 2.45) is 0 Å². The molecule has 90 valence electrons. The Bertz CT molecular complexity index is 719. The fourth-order valence-corrected chi connectivity index (χ4v) is 2.32. The third kappa shape index (κ3) is 2.07. The lowest BCUT2D eigenvalue weighted by molar-refractivity contribution is 0.620. The highest BCUT2D eigenvalue weighted by atomic mass is 35.5. The molecule has 18 heavy (non-hydrogen) atoms. The van der Waals surface area contributed by atoms with Crippen molar-refractivity contribution >= 4 is 45.9 Å². The molecule has 2 aromatic carbocycles. The van der Waals surface area contributed by atoms with E-state index in [1.807, 2.05) is 12.1 Å². The van der Waals surface area contributed by atoms with E-state index in [2.05, 4.69) is 4.98 Å². The molecule has 3 aromatic rings. The molecule has 0 aliphatic carbocycles. The third-order valence-electron chi connectivity index (χ3n) is 2.50. The number of halogens is 3. The second-order valence-corrected chi connectivity index (χ2v) is 5.04. The quantitative estimate of drug-likeness (QED) is 0.596. The lowest BCUT2D eigenvalue weighted by Crippen LogP contribution is -1.75. The Morgan fingerprint density at radius 2 is 1.61 bits per heavy atom. The molecule has 0 saturated carbocycles. The van der Waals surface area contributed by atoms with Crippen LogP contribution in [0, 0.1) is 0 Å². The number of benzene rings is 2. The van der Waals surface area contributed by atoms with E-state index in [1.54, 1.807) is 24.3 Å². The van der Waals surface area contributed by atoms with Crippen LogP contribution in [0.2, 0.25) is 15.1 Å². The molecule has 0 saturated heterocycles. The van der Waals surface area contributed by atoms with E-state index in [0.717, 1.165) is 5.56 Å². The summed E-state index contributed by atoms with van der Waals surface area (Å²) in [6, 6.07) is 10.6. The Labute approximate surface area is 118 Å². The molecule has 0 spiro atoms. The summed E-state index contributed by atoms with van der Waals surface area (Å²) in [5, 5.41) is 1.64. The van der Waals surface area contributed by atoms with Crippen LogP contribution in [0.15, 0.2) is 40.8 Å². The lowest BCUT2D eigenvalue weighted by atomic mass is 10.2. The molecule has 0 aliphatic rings. The van der Waals surface area contributed by atoms with Gasteiger partial charge in [0, 0.05) is 15.6 Å². The van der Waals surface area contributed by atoms with Crippen LogP contribution in [-0.2, 0) is 0 Å². The number of hydrogen-bond acceptors (Lipinski definition) is 2. The summed E-state index contributed by atoms with van der Waals surface area (Å²) in [4.78, 5) is 4.36. The molecule has 0 unspecified atom stereocenters. The first kappa shape index (κ1) is 11.8. The van der Waals surface area contributed by atoms with Gasteiger partial charge in [0.05, 0.1) is 5.02 Å². The number of nitrogens with zero attached hydrogens (tertiary/aromatic N) is 1. The summed E-state index contributed by atoms with van der Waals surface area (Å²) in [6.07, 6.45) is 0. The summed E-state index contributed by atoms with van der Waals surface area (Å²) in [6.45, 7) is 0.